The van der Waals surface area contributed by atoms with Crippen molar-refractivity contribution >= 4 is 21.8 Å². The molecule has 0 fully saturated rings. The van der Waals surface area contributed by atoms with Crippen molar-refractivity contribution in [2.75, 3.05) is 6.54 Å². The van der Waals surface area contributed by atoms with Gasteiger partial charge in [-0.2, -0.15) is 19.0 Å². The van der Waals surface area contributed by atoms with E-state index in [0.29, 0.717) is 24.2 Å². The largest absolute Gasteiger partial charge is 0.351 e. The van der Waals surface area contributed by atoms with Gasteiger partial charge < -0.3 is 5.32 Å². The molecule has 0 unspecified atom stereocenters. The van der Waals surface area contributed by atoms with E-state index in [1.807, 2.05) is 18.5 Å². The summed E-state index contributed by atoms with van der Waals surface area (Å²) in [6.07, 6.45) is 0.675. The minimum atomic E-state index is -2.75. The van der Waals surface area contributed by atoms with E-state index in [9.17, 15) is 13.6 Å². The summed E-state index contributed by atoms with van der Waals surface area (Å²) >= 11 is 3.46. The maximum Gasteiger partial charge on any atom is 0.333 e. The van der Waals surface area contributed by atoms with Crippen LogP contribution in [-0.4, -0.2) is 32.0 Å². The maximum absolute atomic E-state index is 12.6. The van der Waals surface area contributed by atoms with Crippen molar-refractivity contribution < 1.29 is 13.6 Å². The summed E-state index contributed by atoms with van der Waals surface area (Å²) in [4.78, 5) is 11.9. The lowest BCUT2D eigenvalue weighted by atomic mass is 10.3. The zero-order valence-electron chi connectivity index (χ0n) is 13.1. The fourth-order valence-corrected chi connectivity index (χ4v) is 2.49. The number of amides is 1. The molecule has 0 spiro atoms. The number of aryl methyl sites for hydroxylation is 3. The van der Waals surface area contributed by atoms with Crippen LogP contribution < -0.4 is 5.32 Å². The number of alkyl halides is 2. The van der Waals surface area contributed by atoms with Crippen LogP contribution >= 0.6 is 15.9 Å². The van der Waals surface area contributed by atoms with Gasteiger partial charge in [-0.05, 0) is 49.2 Å². The molecule has 1 amide bonds. The van der Waals surface area contributed by atoms with Crippen LogP contribution in [0.1, 0.15) is 40.5 Å². The molecule has 6 nitrogen and oxygen atoms in total. The van der Waals surface area contributed by atoms with E-state index >= 15 is 0 Å². The van der Waals surface area contributed by atoms with Gasteiger partial charge in [-0.1, -0.05) is 0 Å². The summed E-state index contributed by atoms with van der Waals surface area (Å²) in [6.45, 7) is 3.68. The van der Waals surface area contributed by atoms with Gasteiger partial charge in [0.2, 0.25) is 0 Å². The summed E-state index contributed by atoms with van der Waals surface area (Å²) in [5, 5.41) is 10.7. The highest BCUT2D eigenvalue weighted by Gasteiger charge is 2.16. The monoisotopic (exact) mass is 389 g/mol. The highest BCUT2D eigenvalue weighted by molar-refractivity contribution is 9.10. The molecule has 2 rings (SSSR count). The molecule has 2 aromatic heterocycles. The molecular weight excluding hydrogens is 372 g/mol. The minimum Gasteiger partial charge on any atom is -0.351 e. The Balaban J connectivity index is 1.85. The molecule has 0 aliphatic carbocycles. The van der Waals surface area contributed by atoms with Crippen LogP contribution in [-0.2, 0) is 6.54 Å². The molecule has 0 saturated heterocycles. The second-order valence-corrected chi connectivity index (χ2v) is 6.00. The number of carbonyl (C=O) groups excluding carboxylic acids is 1. The number of hydrogen-bond donors (Lipinski definition) is 1. The zero-order chi connectivity index (χ0) is 17.1. The quantitative estimate of drug-likeness (QED) is 0.772. The van der Waals surface area contributed by atoms with Crippen molar-refractivity contribution in [3.8, 4) is 0 Å². The Bertz CT molecular complexity index is 710. The van der Waals surface area contributed by atoms with Gasteiger partial charge in [-0.3, -0.25) is 9.48 Å². The number of nitrogens with zero attached hydrogens (tertiary/aromatic N) is 4. The fourth-order valence-electron chi connectivity index (χ4n) is 2.21. The van der Waals surface area contributed by atoms with E-state index in [1.54, 1.807) is 0 Å². The van der Waals surface area contributed by atoms with Gasteiger partial charge in [-0.25, -0.2) is 4.68 Å². The Labute approximate surface area is 141 Å². The lowest BCUT2D eigenvalue weighted by molar-refractivity contribution is 0.0538. The van der Waals surface area contributed by atoms with E-state index in [2.05, 4.69) is 31.4 Å². The molecule has 0 atom stereocenters. The van der Waals surface area contributed by atoms with Crippen LogP contribution in [0.25, 0.3) is 0 Å². The summed E-state index contributed by atoms with van der Waals surface area (Å²) < 4.78 is 28.6. The number of nitrogens with one attached hydrogen (secondary N) is 1. The lowest BCUT2D eigenvalue weighted by Crippen LogP contribution is -2.26. The van der Waals surface area contributed by atoms with E-state index in [1.165, 1.54) is 13.0 Å². The molecule has 2 aromatic rings. The molecule has 23 heavy (non-hydrogen) atoms. The lowest BCUT2D eigenvalue weighted by Gasteiger charge is -2.05. The number of rotatable bonds is 6. The van der Waals surface area contributed by atoms with Crippen LogP contribution in [0, 0.1) is 20.8 Å². The molecule has 0 aromatic carbocycles. The Morgan fingerprint density at radius 2 is 2.04 bits per heavy atom. The SMILES string of the molecule is Cc1nn(CCCNC(=O)c2cc(C)n(C(F)F)n2)c(C)c1Br. The third kappa shape index (κ3) is 3.95. The predicted octanol–water partition coefficient (Wildman–Crippen LogP) is 2.98. The Kier molecular flexibility index (Phi) is 5.51. The smallest absolute Gasteiger partial charge is 0.333 e. The van der Waals surface area contributed by atoms with Crippen LogP contribution in [0.4, 0.5) is 8.78 Å². The first-order valence-corrected chi connectivity index (χ1v) is 7.92. The Hall–Kier alpha value is -1.77. The van der Waals surface area contributed by atoms with Gasteiger partial charge in [0.1, 0.15) is 0 Å². The van der Waals surface area contributed by atoms with Crippen molar-refractivity contribution in [2.24, 2.45) is 0 Å². The fraction of sp³-hybridized carbons (Fsp3) is 0.500. The molecule has 126 valence electrons. The molecule has 2 heterocycles. The first-order chi connectivity index (χ1) is 10.8. The molecule has 0 aliphatic rings. The van der Waals surface area contributed by atoms with Crippen molar-refractivity contribution in [3.63, 3.8) is 0 Å². The second kappa shape index (κ2) is 7.20. The zero-order valence-corrected chi connectivity index (χ0v) is 14.7. The van der Waals surface area contributed by atoms with Crippen LogP contribution in [0.3, 0.4) is 0 Å². The predicted molar refractivity (Wildman–Crippen MR) is 84.6 cm³/mol. The summed E-state index contributed by atoms with van der Waals surface area (Å²) in [6, 6.07) is 1.35. The van der Waals surface area contributed by atoms with Crippen LogP contribution in [0.5, 0.6) is 0 Å². The third-order valence-electron chi connectivity index (χ3n) is 3.47. The topological polar surface area (TPSA) is 64.7 Å². The normalized spacial score (nSPS) is 11.3. The number of aromatic nitrogens is 4. The van der Waals surface area contributed by atoms with Gasteiger partial charge in [-0.15, -0.1) is 0 Å². The standard InChI is InChI=1S/C14H18BrF2N5O/c1-8-7-11(20-22(8)14(16)17)13(23)18-5-4-6-21-10(3)12(15)9(2)19-21/h7,14H,4-6H2,1-3H3,(H,18,23). The average Bonchev–Trinajstić information content (AvgIpc) is 3.00. The molecule has 1 N–H and O–H groups in total. The molecule has 9 heteroatoms. The Morgan fingerprint density at radius 3 is 2.57 bits per heavy atom. The van der Waals surface area contributed by atoms with E-state index < -0.39 is 12.5 Å². The second-order valence-electron chi connectivity index (χ2n) is 5.21. The molecule has 0 radical (unpaired) electrons. The van der Waals surface area contributed by atoms with Gasteiger partial charge >= 0.3 is 6.55 Å². The van der Waals surface area contributed by atoms with Gasteiger partial charge in [0.05, 0.1) is 10.2 Å². The van der Waals surface area contributed by atoms with E-state index in [0.717, 1.165) is 15.9 Å². The van der Waals surface area contributed by atoms with Crippen molar-refractivity contribution in [3.05, 3.63) is 33.3 Å². The first-order valence-electron chi connectivity index (χ1n) is 7.13. The molecule has 0 saturated carbocycles. The van der Waals surface area contributed by atoms with Crippen LogP contribution in [0.2, 0.25) is 0 Å². The first kappa shape index (κ1) is 17.6. The summed E-state index contributed by atoms with van der Waals surface area (Å²) in [5.41, 5.74) is 2.19. The van der Waals surface area contributed by atoms with Crippen LogP contribution in [0.15, 0.2) is 10.5 Å². The maximum atomic E-state index is 12.6. The molecular formula is C14H18BrF2N5O. The third-order valence-corrected chi connectivity index (χ3v) is 4.61. The van der Waals surface area contributed by atoms with Gasteiger partial charge in [0, 0.05) is 24.5 Å². The summed E-state index contributed by atoms with van der Waals surface area (Å²) in [5.74, 6) is -0.456. The Morgan fingerprint density at radius 1 is 1.35 bits per heavy atom. The van der Waals surface area contributed by atoms with Crippen molar-refractivity contribution in [1.82, 2.24) is 24.9 Å². The number of hydrogen-bond acceptors (Lipinski definition) is 3. The highest BCUT2D eigenvalue weighted by Crippen LogP contribution is 2.19. The van der Waals surface area contributed by atoms with Crippen molar-refractivity contribution in [1.29, 1.82) is 0 Å². The van der Waals surface area contributed by atoms with Crippen molar-refractivity contribution in [2.45, 2.75) is 40.3 Å². The van der Waals surface area contributed by atoms with Gasteiger partial charge in [0.25, 0.3) is 5.91 Å². The molecule has 0 aliphatic heterocycles. The number of halogens is 3. The van der Waals surface area contributed by atoms with E-state index in [4.69, 9.17) is 0 Å². The summed E-state index contributed by atoms with van der Waals surface area (Å²) in [7, 11) is 0. The van der Waals surface area contributed by atoms with E-state index in [-0.39, 0.29) is 11.4 Å². The highest BCUT2D eigenvalue weighted by atomic mass is 79.9. The van der Waals surface area contributed by atoms with Gasteiger partial charge in [0.15, 0.2) is 5.69 Å². The number of carbonyl (C=O) groups is 1. The molecule has 0 bridgehead atoms. The average molecular weight is 390 g/mol. The minimum absolute atomic E-state index is 0.00309.